The third-order valence-corrected chi connectivity index (χ3v) is 4.25. The van der Waals surface area contributed by atoms with E-state index in [4.69, 9.17) is 4.42 Å². The van der Waals surface area contributed by atoms with Crippen molar-refractivity contribution in [2.45, 2.75) is 26.7 Å². The molecule has 0 aliphatic carbocycles. The van der Waals surface area contributed by atoms with Crippen LogP contribution < -0.4 is 10.6 Å². The predicted molar refractivity (Wildman–Crippen MR) is 103 cm³/mol. The van der Waals surface area contributed by atoms with Gasteiger partial charge in [-0.3, -0.25) is 4.99 Å². The topological polar surface area (TPSA) is 65.3 Å². The first-order valence-electron chi connectivity index (χ1n) is 8.88. The molecule has 0 saturated carbocycles. The molecule has 3 aromatic rings. The second-order valence-electron chi connectivity index (χ2n) is 6.08. The maximum absolute atomic E-state index is 5.34. The molecular weight excluding hydrogens is 312 g/mol. The van der Waals surface area contributed by atoms with Crippen LogP contribution in [0.5, 0.6) is 0 Å². The van der Waals surface area contributed by atoms with E-state index in [1.807, 2.05) is 12.1 Å². The Balaban J connectivity index is 1.54. The molecule has 0 aliphatic rings. The molecule has 25 heavy (non-hydrogen) atoms. The molecule has 3 rings (SSSR count). The summed E-state index contributed by atoms with van der Waals surface area (Å²) in [6, 6.07) is 10.3. The van der Waals surface area contributed by atoms with E-state index in [0.717, 1.165) is 37.7 Å². The normalized spacial score (nSPS) is 11.8. The molecule has 2 aromatic heterocycles. The fourth-order valence-electron chi connectivity index (χ4n) is 2.96. The summed E-state index contributed by atoms with van der Waals surface area (Å²) in [6.45, 7) is 6.60. The van der Waals surface area contributed by atoms with E-state index >= 15 is 0 Å². The average Bonchev–Trinajstić information content (AvgIpc) is 3.26. The molecule has 0 amide bonds. The average molecular weight is 338 g/mol. The zero-order valence-electron chi connectivity index (χ0n) is 14.9. The van der Waals surface area contributed by atoms with Crippen LogP contribution in [0.4, 0.5) is 0 Å². The van der Waals surface area contributed by atoms with Gasteiger partial charge in [-0.05, 0) is 43.5 Å². The number of rotatable bonds is 7. The highest BCUT2D eigenvalue weighted by atomic mass is 16.3. The molecule has 0 unspecified atom stereocenters. The highest BCUT2D eigenvalue weighted by Crippen LogP contribution is 2.21. The summed E-state index contributed by atoms with van der Waals surface area (Å²) in [5.41, 5.74) is 3.85. The van der Waals surface area contributed by atoms with Gasteiger partial charge in [-0.15, -0.1) is 0 Å². The van der Waals surface area contributed by atoms with Gasteiger partial charge in [0.2, 0.25) is 0 Å². The van der Waals surface area contributed by atoms with Gasteiger partial charge in [0.25, 0.3) is 0 Å². The lowest BCUT2D eigenvalue weighted by atomic mass is 10.1. The van der Waals surface area contributed by atoms with Crippen LogP contribution in [0.2, 0.25) is 0 Å². The van der Waals surface area contributed by atoms with E-state index in [0.29, 0.717) is 6.54 Å². The van der Waals surface area contributed by atoms with Gasteiger partial charge in [-0.25, -0.2) is 0 Å². The molecule has 0 fully saturated rings. The minimum Gasteiger partial charge on any atom is -0.469 e. The molecule has 0 saturated heterocycles. The Kier molecular flexibility index (Phi) is 5.77. The van der Waals surface area contributed by atoms with Crippen LogP contribution in [0.3, 0.4) is 0 Å². The van der Waals surface area contributed by atoms with Gasteiger partial charge >= 0.3 is 0 Å². The van der Waals surface area contributed by atoms with Crippen molar-refractivity contribution in [3.63, 3.8) is 0 Å². The number of furan rings is 1. The number of fused-ring (bicyclic) bond motifs is 1. The summed E-state index contributed by atoms with van der Waals surface area (Å²) < 4.78 is 5.34. The summed E-state index contributed by atoms with van der Waals surface area (Å²) in [4.78, 5) is 8.00. The quantitative estimate of drug-likeness (QED) is 0.457. The van der Waals surface area contributed by atoms with E-state index in [-0.39, 0.29) is 0 Å². The number of aromatic amines is 1. The molecule has 0 spiro atoms. The van der Waals surface area contributed by atoms with Crippen molar-refractivity contribution in [1.29, 1.82) is 0 Å². The van der Waals surface area contributed by atoms with Gasteiger partial charge in [0, 0.05) is 43.2 Å². The van der Waals surface area contributed by atoms with E-state index in [2.05, 4.69) is 58.9 Å². The zero-order valence-corrected chi connectivity index (χ0v) is 14.9. The Hall–Kier alpha value is -2.69. The number of hydrogen-bond donors (Lipinski definition) is 3. The largest absolute Gasteiger partial charge is 0.469 e. The smallest absolute Gasteiger partial charge is 0.191 e. The molecule has 0 bridgehead atoms. The van der Waals surface area contributed by atoms with Crippen LogP contribution in [0.25, 0.3) is 10.9 Å². The first-order chi connectivity index (χ1) is 12.3. The van der Waals surface area contributed by atoms with Crippen LogP contribution in [0, 0.1) is 6.92 Å². The number of aryl methyl sites for hydroxylation is 1. The molecule has 2 heterocycles. The zero-order chi connectivity index (χ0) is 17.5. The maximum Gasteiger partial charge on any atom is 0.191 e. The number of H-pyrrole nitrogens is 1. The van der Waals surface area contributed by atoms with E-state index in [1.54, 1.807) is 6.26 Å². The Morgan fingerprint density at radius 1 is 1.16 bits per heavy atom. The summed E-state index contributed by atoms with van der Waals surface area (Å²) in [7, 11) is 0. The van der Waals surface area contributed by atoms with Crippen molar-refractivity contribution in [1.82, 2.24) is 15.6 Å². The number of aromatic nitrogens is 1. The molecule has 132 valence electrons. The molecule has 0 aliphatic heterocycles. The summed E-state index contributed by atoms with van der Waals surface area (Å²) in [5, 5.41) is 8.01. The number of guanidine groups is 1. The third-order valence-electron chi connectivity index (χ3n) is 4.25. The highest BCUT2D eigenvalue weighted by Gasteiger charge is 2.05. The van der Waals surface area contributed by atoms with Crippen molar-refractivity contribution >= 4 is 16.9 Å². The number of para-hydroxylation sites is 1. The Morgan fingerprint density at radius 3 is 2.88 bits per heavy atom. The molecule has 5 nitrogen and oxygen atoms in total. The van der Waals surface area contributed by atoms with Crippen molar-refractivity contribution in [2.75, 3.05) is 19.6 Å². The molecule has 3 N–H and O–H groups in total. The van der Waals surface area contributed by atoms with Crippen molar-refractivity contribution < 1.29 is 4.42 Å². The SMILES string of the molecule is CCNC(=NCCc1ccco1)NCCc1c[nH]c2c(C)cccc12. The van der Waals surface area contributed by atoms with E-state index in [1.165, 1.54) is 22.0 Å². The molecule has 0 atom stereocenters. The van der Waals surface area contributed by atoms with Gasteiger partial charge in [-0.2, -0.15) is 0 Å². The second-order valence-corrected chi connectivity index (χ2v) is 6.08. The molecule has 5 heteroatoms. The van der Waals surface area contributed by atoms with Gasteiger partial charge in [0.1, 0.15) is 5.76 Å². The Labute approximate surface area is 148 Å². The van der Waals surface area contributed by atoms with Gasteiger partial charge in [0.05, 0.1) is 6.26 Å². The lowest BCUT2D eigenvalue weighted by molar-refractivity contribution is 0.510. The van der Waals surface area contributed by atoms with Gasteiger partial charge in [0.15, 0.2) is 5.96 Å². The lowest BCUT2D eigenvalue weighted by Gasteiger charge is -2.11. The van der Waals surface area contributed by atoms with Crippen molar-refractivity contribution in [2.24, 2.45) is 4.99 Å². The van der Waals surface area contributed by atoms with Crippen LogP contribution >= 0.6 is 0 Å². The Bertz CT molecular complexity index is 817. The first-order valence-corrected chi connectivity index (χ1v) is 8.88. The van der Waals surface area contributed by atoms with Crippen molar-refractivity contribution in [3.05, 3.63) is 59.7 Å². The number of benzene rings is 1. The highest BCUT2D eigenvalue weighted by molar-refractivity contribution is 5.86. The maximum atomic E-state index is 5.34. The molecular formula is C20H26N4O. The number of nitrogens with zero attached hydrogens (tertiary/aromatic N) is 1. The fraction of sp³-hybridized carbons (Fsp3) is 0.350. The second kappa shape index (κ2) is 8.42. The predicted octanol–water partition coefficient (Wildman–Crippen LogP) is 3.41. The lowest BCUT2D eigenvalue weighted by Crippen LogP contribution is -2.38. The number of nitrogens with one attached hydrogen (secondary N) is 3. The van der Waals surface area contributed by atoms with Crippen LogP contribution in [-0.2, 0) is 12.8 Å². The summed E-state index contributed by atoms with van der Waals surface area (Å²) in [5.74, 6) is 1.82. The number of hydrogen-bond acceptors (Lipinski definition) is 2. The van der Waals surface area contributed by atoms with Gasteiger partial charge in [-0.1, -0.05) is 18.2 Å². The van der Waals surface area contributed by atoms with Crippen LogP contribution in [-0.4, -0.2) is 30.6 Å². The summed E-state index contributed by atoms with van der Waals surface area (Å²) >= 11 is 0. The minimum absolute atomic E-state index is 0.703. The monoisotopic (exact) mass is 338 g/mol. The van der Waals surface area contributed by atoms with Crippen LogP contribution in [0.1, 0.15) is 23.8 Å². The first kappa shape index (κ1) is 17.1. The minimum atomic E-state index is 0.703. The fourth-order valence-corrected chi connectivity index (χ4v) is 2.96. The third kappa shape index (κ3) is 4.44. The van der Waals surface area contributed by atoms with Crippen LogP contribution in [0.15, 0.2) is 52.2 Å². The summed E-state index contributed by atoms with van der Waals surface area (Å²) in [6.07, 6.45) is 5.57. The van der Waals surface area contributed by atoms with Gasteiger partial charge < -0.3 is 20.0 Å². The Morgan fingerprint density at radius 2 is 2.08 bits per heavy atom. The van der Waals surface area contributed by atoms with Crippen molar-refractivity contribution in [3.8, 4) is 0 Å². The standard InChI is InChI=1S/C20H26N4O/c1-3-21-20(23-12-10-17-7-5-13-25-17)22-11-9-16-14-24-19-15(2)6-4-8-18(16)19/h4-8,13-14,24H,3,9-12H2,1-2H3,(H2,21,22,23). The van der Waals surface area contributed by atoms with E-state index < -0.39 is 0 Å². The molecule has 0 radical (unpaired) electrons. The number of aliphatic imine (C=N–C) groups is 1. The van der Waals surface area contributed by atoms with E-state index in [9.17, 15) is 0 Å². The molecule has 1 aromatic carbocycles.